The van der Waals surface area contributed by atoms with Gasteiger partial charge in [0.2, 0.25) is 0 Å². The van der Waals surface area contributed by atoms with Crippen LogP contribution in [0.5, 0.6) is 0 Å². The number of hydrogen-bond donors (Lipinski definition) is 0. The molecule has 1 aromatic rings. The topological polar surface area (TPSA) is 0 Å². The summed E-state index contributed by atoms with van der Waals surface area (Å²) in [5, 5.41) is 0. The molecule has 20 heavy (non-hydrogen) atoms. The standard InChI is InChI=1S/C20H24/c1-5-7-8-10-18-12-15-20(16-13-18)19(9-6-2)14-11-17(3)4/h5-9,11-16H,1,10H2,2-4H3/b8-7-,9-6-,19-14+. The molecule has 0 aromatic heterocycles. The zero-order valence-electron chi connectivity index (χ0n) is 12.8. The molecule has 1 rings (SSSR count). The van der Waals surface area contributed by atoms with E-state index in [-0.39, 0.29) is 0 Å². The average molecular weight is 264 g/mol. The van der Waals surface area contributed by atoms with Crippen molar-refractivity contribution in [2.24, 2.45) is 0 Å². The molecule has 0 bridgehead atoms. The van der Waals surface area contributed by atoms with E-state index in [1.54, 1.807) is 6.08 Å². The molecule has 1 aromatic carbocycles. The van der Waals surface area contributed by atoms with E-state index in [9.17, 15) is 0 Å². The molecule has 0 amide bonds. The molecule has 0 fully saturated rings. The summed E-state index contributed by atoms with van der Waals surface area (Å²) in [7, 11) is 0. The second kappa shape index (κ2) is 8.92. The summed E-state index contributed by atoms with van der Waals surface area (Å²) in [6, 6.07) is 8.73. The summed E-state index contributed by atoms with van der Waals surface area (Å²) < 4.78 is 0. The van der Waals surface area contributed by atoms with Crippen LogP contribution in [0.3, 0.4) is 0 Å². The zero-order chi connectivity index (χ0) is 14.8. The van der Waals surface area contributed by atoms with Crippen molar-refractivity contribution in [1.29, 1.82) is 0 Å². The van der Waals surface area contributed by atoms with Crippen molar-refractivity contribution in [1.82, 2.24) is 0 Å². The lowest BCUT2D eigenvalue weighted by Crippen LogP contribution is -1.85. The van der Waals surface area contributed by atoms with Gasteiger partial charge in [-0.15, -0.1) is 0 Å². The third-order valence-electron chi connectivity index (χ3n) is 2.86. The molecule has 0 N–H and O–H groups in total. The van der Waals surface area contributed by atoms with Crippen molar-refractivity contribution in [3.05, 3.63) is 90.1 Å². The smallest absolute Gasteiger partial charge is 0.00943 e. The Kier molecular flexibility index (Phi) is 7.13. The van der Waals surface area contributed by atoms with Crippen molar-refractivity contribution in [3.63, 3.8) is 0 Å². The van der Waals surface area contributed by atoms with Crippen LogP contribution < -0.4 is 0 Å². The number of rotatable bonds is 6. The Morgan fingerprint density at radius 2 is 1.80 bits per heavy atom. The molecule has 0 atom stereocenters. The largest absolute Gasteiger partial charge is 0.0991 e. The van der Waals surface area contributed by atoms with Crippen LogP contribution >= 0.6 is 0 Å². The van der Waals surface area contributed by atoms with E-state index < -0.39 is 0 Å². The van der Waals surface area contributed by atoms with Crippen LogP contribution in [-0.2, 0) is 6.42 Å². The quantitative estimate of drug-likeness (QED) is 0.561. The summed E-state index contributed by atoms with van der Waals surface area (Å²) in [6.45, 7) is 9.94. The van der Waals surface area contributed by atoms with Crippen LogP contribution in [0, 0.1) is 0 Å². The Morgan fingerprint density at radius 3 is 2.35 bits per heavy atom. The van der Waals surface area contributed by atoms with E-state index in [2.05, 4.69) is 75.1 Å². The second-order valence-corrected chi connectivity index (χ2v) is 4.93. The van der Waals surface area contributed by atoms with Gasteiger partial charge < -0.3 is 0 Å². The Morgan fingerprint density at radius 1 is 1.10 bits per heavy atom. The maximum atomic E-state index is 3.68. The first-order chi connectivity index (χ1) is 9.67. The van der Waals surface area contributed by atoms with Crippen LogP contribution in [0.1, 0.15) is 31.9 Å². The highest BCUT2D eigenvalue weighted by Crippen LogP contribution is 2.18. The Hall–Kier alpha value is -2.08. The van der Waals surface area contributed by atoms with Gasteiger partial charge in [0, 0.05) is 0 Å². The van der Waals surface area contributed by atoms with Gasteiger partial charge in [0.15, 0.2) is 0 Å². The van der Waals surface area contributed by atoms with E-state index in [0.717, 1.165) is 6.42 Å². The molecule has 0 aliphatic carbocycles. The van der Waals surface area contributed by atoms with Crippen LogP contribution in [0.2, 0.25) is 0 Å². The molecule has 0 aliphatic rings. The number of benzene rings is 1. The minimum atomic E-state index is 0.947. The molecule has 0 heteroatoms. The minimum absolute atomic E-state index is 0.947. The lowest BCUT2D eigenvalue weighted by Gasteiger charge is -2.04. The van der Waals surface area contributed by atoms with Gasteiger partial charge in [-0.2, -0.15) is 0 Å². The summed E-state index contributed by atoms with van der Waals surface area (Å²) in [4.78, 5) is 0. The normalized spacial score (nSPS) is 12.1. The molecule has 0 heterocycles. The molecule has 0 radical (unpaired) electrons. The van der Waals surface area contributed by atoms with E-state index in [4.69, 9.17) is 0 Å². The van der Waals surface area contributed by atoms with Gasteiger partial charge >= 0.3 is 0 Å². The Bertz CT molecular complexity index is 530. The minimum Gasteiger partial charge on any atom is -0.0991 e. The van der Waals surface area contributed by atoms with Gasteiger partial charge in [-0.1, -0.05) is 78.9 Å². The first kappa shape index (κ1) is 16.0. The summed E-state index contributed by atoms with van der Waals surface area (Å²) in [6.07, 6.45) is 15.4. The van der Waals surface area contributed by atoms with Crippen molar-refractivity contribution >= 4 is 5.57 Å². The monoisotopic (exact) mass is 264 g/mol. The zero-order valence-corrected chi connectivity index (χ0v) is 12.8. The third-order valence-corrected chi connectivity index (χ3v) is 2.86. The Balaban J connectivity index is 2.93. The SMILES string of the molecule is C=C/C=C\Cc1ccc(C(/C=C\C)=C/C=C(C)C)cc1. The van der Waals surface area contributed by atoms with Gasteiger partial charge in [-0.05, 0) is 43.9 Å². The summed E-state index contributed by atoms with van der Waals surface area (Å²) in [5.41, 5.74) is 5.10. The fraction of sp³-hybridized carbons (Fsp3) is 0.200. The van der Waals surface area contributed by atoms with Crippen molar-refractivity contribution in [3.8, 4) is 0 Å². The van der Waals surface area contributed by atoms with Gasteiger partial charge in [0.05, 0.1) is 0 Å². The summed E-state index contributed by atoms with van der Waals surface area (Å²) in [5.74, 6) is 0. The maximum Gasteiger partial charge on any atom is -0.00943 e. The van der Waals surface area contributed by atoms with E-state index in [0.29, 0.717) is 0 Å². The molecular formula is C20H24. The highest BCUT2D eigenvalue weighted by molar-refractivity contribution is 5.75. The summed E-state index contributed by atoms with van der Waals surface area (Å²) >= 11 is 0. The lowest BCUT2D eigenvalue weighted by atomic mass is 10.0. The molecule has 0 spiro atoms. The van der Waals surface area contributed by atoms with E-state index in [1.807, 2.05) is 13.0 Å². The fourth-order valence-electron chi connectivity index (χ4n) is 1.82. The highest BCUT2D eigenvalue weighted by atomic mass is 14.0. The van der Waals surface area contributed by atoms with Crippen LogP contribution in [-0.4, -0.2) is 0 Å². The van der Waals surface area contributed by atoms with Crippen LogP contribution in [0.4, 0.5) is 0 Å². The molecule has 0 saturated heterocycles. The molecule has 0 unspecified atom stereocenters. The molecule has 0 saturated carbocycles. The molecular weight excluding hydrogens is 240 g/mol. The predicted octanol–water partition coefficient (Wildman–Crippen LogP) is 5.90. The van der Waals surface area contributed by atoms with Crippen molar-refractivity contribution in [2.45, 2.75) is 27.2 Å². The van der Waals surface area contributed by atoms with E-state index >= 15 is 0 Å². The number of hydrogen-bond acceptors (Lipinski definition) is 0. The lowest BCUT2D eigenvalue weighted by molar-refractivity contribution is 1.27. The van der Waals surface area contributed by atoms with Gasteiger partial charge in [0.1, 0.15) is 0 Å². The number of allylic oxidation sites excluding steroid dienone is 9. The van der Waals surface area contributed by atoms with Crippen molar-refractivity contribution < 1.29 is 0 Å². The molecule has 104 valence electrons. The third kappa shape index (κ3) is 5.71. The fourth-order valence-corrected chi connectivity index (χ4v) is 1.82. The van der Waals surface area contributed by atoms with Crippen molar-refractivity contribution in [2.75, 3.05) is 0 Å². The molecule has 0 aliphatic heterocycles. The first-order valence-corrected chi connectivity index (χ1v) is 7.02. The van der Waals surface area contributed by atoms with Gasteiger partial charge in [-0.3, -0.25) is 0 Å². The second-order valence-electron chi connectivity index (χ2n) is 4.93. The first-order valence-electron chi connectivity index (χ1n) is 7.02. The van der Waals surface area contributed by atoms with Gasteiger partial charge in [0.25, 0.3) is 0 Å². The van der Waals surface area contributed by atoms with Crippen LogP contribution in [0.25, 0.3) is 5.57 Å². The van der Waals surface area contributed by atoms with Gasteiger partial charge in [-0.25, -0.2) is 0 Å². The average Bonchev–Trinajstić information content (AvgIpc) is 2.44. The molecule has 0 nitrogen and oxygen atoms in total. The maximum absolute atomic E-state index is 3.68. The van der Waals surface area contributed by atoms with E-state index in [1.165, 1.54) is 22.3 Å². The highest BCUT2D eigenvalue weighted by Gasteiger charge is 1.97. The van der Waals surface area contributed by atoms with Crippen LogP contribution in [0.15, 0.2) is 78.9 Å². The predicted molar refractivity (Wildman–Crippen MR) is 91.7 cm³/mol. The Labute approximate surface area is 123 Å².